The normalized spacial score (nSPS) is 10.2. The molecule has 1 aromatic carbocycles. The van der Waals surface area contributed by atoms with E-state index < -0.39 is 0 Å². The highest BCUT2D eigenvalue weighted by Crippen LogP contribution is 2.18. The van der Waals surface area contributed by atoms with Gasteiger partial charge in [-0.05, 0) is 30.7 Å². The Balaban J connectivity index is 2.30. The third kappa shape index (κ3) is 5.18. The van der Waals surface area contributed by atoms with Crippen molar-refractivity contribution in [1.29, 1.82) is 5.26 Å². The maximum Gasteiger partial charge on any atom is 0.0992 e. The smallest absolute Gasteiger partial charge is 0.0992 e. The maximum absolute atomic E-state index is 8.70. The van der Waals surface area contributed by atoms with Crippen molar-refractivity contribution in [2.24, 2.45) is 0 Å². The largest absolute Gasteiger partial charge is 0.375 e. The third-order valence-corrected chi connectivity index (χ3v) is 2.64. The van der Waals surface area contributed by atoms with Crippen LogP contribution in [0.5, 0.6) is 0 Å². The lowest BCUT2D eigenvalue weighted by molar-refractivity contribution is 0.123. The molecule has 92 valence electrons. The molecule has 0 atom stereocenters. The Bertz CT molecular complexity index is 387. The second-order valence-electron chi connectivity index (χ2n) is 3.72. The van der Waals surface area contributed by atoms with Gasteiger partial charge in [-0.1, -0.05) is 24.6 Å². The van der Waals surface area contributed by atoms with Crippen molar-refractivity contribution < 1.29 is 4.74 Å². The van der Waals surface area contributed by atoms with Crippen molar-refractivity contribution >= 4 is 11.6 Å². The van der Waals surface area contributed by atoms with E-state index in [4.69, 9.17) is 21.6 Å². The van der Waals surface area contributed by atoms with Crippen LogP contribution in [0.3, 0.4) is 0 Å². The first-order valence-corrected chi connectivity index (χ1v) is 6.12. The Morgan fingerprint density at radius 2 is 2.24 bits per heavy atom. The van der Waals surface area contributed by atoms with Gasteiger partial charge in [-0.15, -0.1) is 0 Å². The van der Waals surface area contributed by atoms with Crippen molar-refractivity contribution in [2.75, 3.05) is 19.7 Å². The molecule has 0 aromatic heterocycles. The Labute approximate surface area is 107 Å². The lowest BCUT2D eigenvalue weighted by atomic mass is 10.1. The summed E-state index contributed by atoms with van der Waals surface area (Å²) < 4.78 is 5.49. The molecular formula is C13H17ClN2O. The number of nitriles is 1. The minimum atomic E-state index is 0.484. The van der Waals surface area contributed by atoms with Gasteiger partial charge in [0.05, 0.1) is 24.8 Å². The van der Waals surface area contributed by atoms with E-state index in [2.05, 4.69) is 18.3 Å². The van der Waals surface area contributed by atoms with Crippen LogP contribution in [0, 0.1) is 11.3 Å². The summed E-state index contributed by atoms with van der Waals surface area (Å²) >= 11 is 6.02. The number of halogens is 1. The predicted molar refractivity (Wildman–Crippen MR) is 69.0 cm³/mol. The van der Waals surface area contributed by atoms with E-state index in [1.54, 1.807) is 12.1 Å². The summed E-state index contributed by atoms with van der Waals surface area (Å²) in [6, 6.07) is 7.30. The molecule has 3 nitrogen and oxygen atoms in total. The molecule has 0 bridgehead atoms. The summed E-state index contributed by atoms with van der Waals surface area (Å²) in [5.74, 6) is 0. The van der Waals surface area contributed by atoms with E-state index in [-0.39, 0.29) is 0 Å². The standard InChI is InChI=1S/C13H17ClN2O/c1-2-5-16-6-7-17-10-12-4-3-11(9-15)8-13(12)14/h3-4,8,16H,2,5-7,10H2,1H3. The van der Waals surface area contributed by atoms with Gasteiger partial charge in [0, 0.05) is 11.6 Å². The highest BCUT2D eigenvalue weighted by atomic mass is 35.5. The molecule has 0 radical (unpaired) electrons. The van der Waals surface area contributed by atoms with Gasteiger partial charge in [0.1, 0.15) is 0 Å². The topological polar surface area (TPSA) is 45.0 Å². The molecule has 1 N–H and O–H groups in total. The number of hydrogen-bond donors (Lipinski definition) is 1. The second-order valence-corrected chi connectivity index (χ2v) is 4.13. The van der Waals surface area contributed by atoms with E-state index in [0.29, 0.717) is 23.8 Å². The van der Waals surface area contributed by atoms with Gasteiger partial charge in [0.2, 0.25) is 0 Å². The molecule has 1 aromatic rings. The molecule has 4 heteroatoms. The summed E-state index contributed by atoms with van der Waals surface area (Å²) in [5, 5.41) is 12.5. The lowest BCUT2D eigenvalue weighted by Crippen LogP contribution is -2.20. The summed E-state index contributed by atoms with van der Waals surface area (Å²) in [4.78, 5) is 0. The molecule has 0 saturated carbocycles. The molecular weight excluding hydrogens is 236 g/mol. The average molecular weight is 253 g/mol. The van der Waals surface area contributed by atoms with Gasteiger partial charge in [-0.3, -0.25) is 0 Å². The van der Waals surface area contributed by atoms with Crippen molar-refractivity contribution in [2.45, 2.75) is 20.0 Å². The zero-order valence-electron chi connectivity index (χ0n) is 10.0. The summed E-state index contributed by atoms with van der Waals surface area (Å²) in [5.41, 5.74) is 1.49. The third-order valence-electron chi connectivity index (χ3n) is 2.29. The molecule has 0 aliphatic heterocycles. The Hall–Kier alpha value is -1.08. The number of nitrogens with zero attached hydrogens (tertiary/aromatic N) is 1. The first-order chi connectivity index (χ1) is 8.27. The zero-order valence-corrected chi connectivity index (χ0v) is 10.8. The molecule has 0 aliphatic carbocycles. The molecule has 0 unspecified atom stereocenters. The zero-order chi connectivity index (χ0) is 12.5. The fourth-order valence-corrected chi connectivity index (χ4v) is 1.60. The summed E-state index contributed by atoms with van der Waals surface area (Å²) in [6.45, 7) is 5.14. The first-order valence-electron chi connectivity index (χ1n) is 5.75. The Kier molecular flexibility index (Phi) is 6.64. The molecule has 0 aliphatic rings. The Morgan fingerprint density at radius 1 is 1.41 bits per heavy atom. The molecule has 0 amide bonds. The molecule has 0 fully saturated rings. The maximum atomic E-state index is 8.70. The van der Waals surface area contributed by atoms with Crippen LogP contribution in [-0.4, -0.2) is 19.7 Å². The highest BCUT2D eigenvalue weighted by molar-refractivity contribution is 6.31. The van der Waals surface area contributed by atoms with Crippen LogP contribution >= 0.6 is 11.6 Å². The number of nitrogens with one attached hydrogen (secondary N) is 1. The van der Waals surface area contributed by atoms with Gasteiger partial charge >= 0.3 is 0 Å². The average Bonchev–Trinajstić information content (AvgIpc) is 2.35. The van der Waals surface area contributed by atoms with Gasteiger partial charge in [-0.25, -0.2) is 0 Å². The molecule has 1 rings (SSSR count). The minimum absolute atomic E-state index is 0.484. The lowest BCUT2D eigenvalue weighted by Gasteiger charge is -2.07. The van der Waals surface area contributed by atoms with Crippen LogP contribution in [-0.2, 0) is 11.3 Å². The Morgan fingerprint density at radius 3 is 2.88 bits per heavy atom. The van der Waals surface area contributed by atoms with Crippen molar-refractivity contribution in [3.05, 3.63) is 34.3 Å². The predicted octanol–water partition coefficient (Wildman–Crippen LogP) is 2.73. The second kappa shape index (κ2) is 8.08. The monoisotopic (exact) mass is 252 g/mol. The fraction of sp³-hybridized carbons (Fsp3) is 0.462. The molecule has 0 spiro atoms. The van der Waals surface area contributed by atoms with Crippen LogP contribution < -0.4 is 5.32 Å². The molecule has 0 saturated heterocycles. The van der Waals surface area contributed by atoms with E-state index in [1.165, 1.54) is 0 Å². The number of benzene rings is 1. The van der Waals surface area contributed by atoms with Crippen molar-refractivity contribution in [3.8, 4) is 6.07 Å². The van der Waals surface area contributed by atoms with E-state index in [9.17, 15) is 0 Å². The fourth-order valence-electron chi connectivity index (χ4n) is 1.36. The van der Waals surface area contributed by atoms with E-state index >= 15 is 0 Å². The number of ether oxygens (including phenoxy) is 1. The van der Waals surface area contributed by atoms with Gasteiger partial charge < -0.3 is 10.1 Å². The van der Waals surface area contributed by atoms with E-state index in [0.717, 1.165) is 25.1 Å². The van der Waals surface area contributed by atoms with Gasteiger partial charge in [-0.2, -0.15) is 5.26 Å². The molecule has 0 heterocycles. The first kappa shape index (κ1) is 14.0. The number of hydrogen-bond acceptors (Lipinski definition) is 3. The van der Waals surface area contributed by atoms with Crippen LogP contribution in [0.15, 0.2) is 18.2 Å². The highest BCUT2D eigenvalue weighted by Gasteiger charge is 2.01. The minimum Gasteiger partial charge on any atom is -0.375 e. The SMILES string of the molecule is CCCNCCOCc1ccc(C#N)cc1Cl. The van der Waals surface area contributed by atoms with Crippen LogP contribution in [0.4, 0.5) is 0 Å². The van der Waals surface area contributed by atoms with Crippen LogP contribution in [0.25, 0.3) is 0 Å². The molecule has 17 heavy (non-hydrogen) atoms. The quantitative estimate of drug-likeness (QED) is 0.759. The van der Waals surface area contributed by atoms with Crippen LogP contribution in [0.1, 0.15) is 24.5 Å². The number of rotatable bonds is 7. The van der Waals surface area contributed by atoms with Crippen molar-refractivity contribution in [1.82, 2.24) is 5.32 Å². The van der Waals surface area contributed by atoms with Crippen LogP contribution in [0.2, 0.25) is 5.02 Å². The van der Waals surface area contributed by atoms with Gasteiger partial charge in [0.25, 0.3) is 0 Å². The summed E-state index contributed by atoms with van der Waals surface area (Å²) in [6.07, 6.45) is 1.13. The van der Waals surface area contributed by atoms with Crippen molar-refractivity contribution in [3.63, 3.8) is 0 Å². The van der Waals surface area contributed by atoms with Gasteiger partial charge in [0.15, 0.2) is 0 Å². The van der Waals surface area contributed by atoms with E-state index in [1.807, 2.05) is 6.07 Å². The summed E-state index contributed by atoms with van der Waals surface area (Å²) in [7, 11) is 0.